The predicted octanol–water partition coefficient (Wildman–Crippen LogP) is 5.16. The molecular formula is C23H16F3N5O2. The fourth-order valence-electron chi connectivity index (χ4n) is 3.67. The SMILES string of the molecule is Cc1cccc2nc(C(=O)Nc3nc4ccc(-c5cccc(C(F)(F)F)c5O)cc4[nH]3)cn12. The Morgan fingerprint density at radius 1 is 1.09 bits per heavy atom. The molecule has 5 rings (SSSR count). The number of para-hydroxylation sites is 1. The van der Waals surface area contributed by atoms with Crippen molar-refractivity contribution in [2.24, 2.45) is 0 Å². The molecule has 0 aliphatic carbocycles. The summed E-state index contributed by atoms with van der Waals surface area (Å²) in [6.45, 7) is 1.90. The average molecular weight is 451 g/mol. The standard InChI is InChI=1S/C23H16F3N5O2/c1-12-4-2-7-19-27-18(11-31(12)19)21(33)30-22-28-16-9-8-13(10-17(16)29-22)14-5-3-6-15(20(14)32)23(24,25)26/h2-11,32H,1H3,(H2,28,29,30,33). The van der Waals surface area contributed by atoms with Crippen molar-refractivity contribution < 1.29 is 23.1 Å². The number of rotatable bonds is 3. The third kappa shape index (κ3) is 3.65. The Labute approximate surface area is 184 Å². The highest BCUT2D eigenvalue weighted by Gasteiger charge is 2.34. The lowest BCUT2D eigenvalue weighted by Crippen LogP contribution is -2.13. The first kappa shape index (κ1) is 20.6. The number of nitrogens with one attached hydrogen (secondary N) is 2. The van der Waals surface area contributed by atoms with Crippen LogP contribution >= 0.6 is 0 Å². The van der Waals surface area contributed by atoms with Gasteiger partial charge in [-0.3, -0.25) is 10.1 Å². The number of alkyl halides is 3. The van der Waals surface area contributed by atoms with Crippen molar-refractivity contribution in [1.29, 1.82) is 0 Å². The van der Waals surface area contributed by atoms with Crippen molar-refractivity contribution in [1.82, 2.24) is 19.4 Å². The van der Waals surface area contributed by atoms with Crippen LogP contribution in [-0.2, 0) is 6.18 Å². The Balaban J connectivity index is 1.45. The number of amides is 1. The second-order valence-electron chi connectivity index (χ2n) is 7.49. The Morgan fingerprint density at radius 2 is 1.88 bits per heavy atom. The van der Waals surface area contributed by atoms with Crippen LogP contribution < -0.4 is 5.32 Å². The van der Waals surface area contributed by atoms with Gasteiger partial charge < -0.3 is 14.5 Å². The summed E-state index contributed by atoms with van der Waals surface area (Å²) in [6, 6.07) is 13.7. The first-order valence-corrected chi connectivity index (χ1v) is 9.86. The zero-order valence-electron chi connectivity index (χ0n) is 17.1. The minimum Gasteiger partial charge on any atom is -0.507 e. The summed E-state index contributed by atoms with van der Waals surface area (Å²) in [5.41, 5.74) is 2.02. The van der Waals surface area contributed by atoms with Crippen LogP contribution in [0, 0.1) is 6.92 Å². The van der Waals surface area contributed by atoms with Gasteiger partial charge in [-0.2, -0.15) is 13.2 Å². The number of hydrogen-bond donors (Lipinski definition) is 3. The second kappa shape index (κ2) is 7.37. The fourth-order valence-corrected chi connectivity index (χ4v) is 3.67. The number of carbonyl (C=O) groups excluding carboxylic acids is 1. The molecule has 0 unspecified atom stereocenters. The second-order valence-corrected chi connectivity index (χ2v) is 7.49. The number of aromatic nitrogens is 4. The number of H-pyrrole nitrogens is 1. The molecule has 1 amide bonds. The number of fused-ring (bicyclic) bond motifs is 2. The van der Waals surface area contributed by atoms with Crippen molar-refractivity contribution in [3.8, 4) is 16.9 Å². The number of nitrogens with zero attached hydrogens (tertiary/aromatic N) is 3. The number of hydrogen-bond acceptors (Lipinski definition) is 4. The summed E-state index contributed by atoms with van der Waals surface area (Å²) < 4.78 is 41.2. The molecule has 0 atom stereocenters. The molecule has 3 N–H and O–H groups in total. The first-order valence-electron chi connectivity index (χ1n) is 9.86. The van der Waals surface area contributed by atoms with Gasteiger partial charge in [0.1, 0.15) is 17.1 Å². The van der Waals surface area contributed by atoms with Crippen LogP contribution in [0.1, 0.15) is 21.7 Å². The van der Waals surface area contributed by atoms with Crippen LogP contribution in [0.2, 0.25) is 0 Å². The Hall–Kier alpha value is -4.34. The van der Waals surface area contributed by atoms with Gasteiger partial charge in [0, 0.05) is 17.5 Å². The van der Waals surface area contributed by atoms with Gasteiger partial charge in [-0.15, -0.1) is 0 Å². The minimum atomic E-state index is -4.67. The van der Waals surface area contributed by atoms with E-state index in [1.807, 2.05) is 19.1 Å². The van der Waals surface area contributed by atoms with E-state index in [1.165, 1.54) is 12.1 Å². The Bertz CT molecular complexity index is 1530. The lowest BCUT2D eigenvalue weighted by Gasteiger charge is -2.12. The van der Waals surface area contributed by atoms with E-state index < -0.39 is 23.4 Å². The lowest BCUT2D eigenvalue weighted by molar-refractivity contribution is -0.138. The van der Waals surface area contributed by atoms with Gasteiger partial charge >= 0.3 is 6.18 Å². The quantitative estimate of drug-likeness (QED) is 0.353. The third-order valence-electron chi connectivity index (χ3n) is 5.29. The summed E-state index contributed by atoms with van der Waals surface area (Å²) >= 11 is 0. The molecule has 33 heavy (non-hydrogen) atoms. The smallest absolute Gasteiger partial charge is 0.419 e. The van der Waals surface area contributed by atoms with E-state index in [2.05, 4.69) is 20.3 Å². The van der Waals surface area contributed by atoms with E-state index in [0.717, 1.165) is 11.8 Å². The molecule has 0 saturated heterocycles. The molecule has 0 spiro atoms. The molecule has 0 aliphatic heterocycles. The molecule has 0 bridgehead atoms. The third-order valence-corrected chi connectivity index (χ3v) is 5.29. The maximum Gasteiger partial charge on any atom is 0.419 e. The molecule has 2 aromatic carbocycles. The monoisotopic (exact) mass is 451 g/mol. The summed E-state index contributed by atoms with van der Waals surface area (Å²) in [6.07, 6.45) is -3.05. The zero-order valence-corrected chi connectivity index (χ0v) is 17.1. The Morgan fingerprint density at radius 3 is 2.64 bits per heavy atom. The minimum absolute atomic E-state index is 0.0342. The van der Waals surface area contributed by atoms with Gasteiger partial charge in [0.15, 0.2) is 0 Å². The summed E-state index contributed by atoms with van der Waals surface area (Å²) in [7, 11) is 0. The van der Waals surface area contributed by atoms with Gasteiger partial charge in [-0.25, -0.2) is 9.97 Å². The molecule has 3 aromatic heterocycles. The highest BCUT2D eigenvalue weighted by atomic mass is 19.4. The first-order chi connectivity index (χ1) is 15.7. The van der Waals surface area contributed by atoms with Crippen molar-refractivity contribution >= 4 is 28.5 Å². The molecule has 0 saturated carbocycles. The molecular weight excluding hydrogens is 435 g/mol. The molecule has 3 heterocycles. The maximum absolute atomic E-state index is 13.1. The average Bonchev–Trinajstić information content (AvgIpc) is 3.37. The molecule has 10 heteroatoms. The number of anilines is 1. The number of aryl methyl sites for hydroxylation is 1. The van der Waals surface area contributed by atoms with Crippen molar-refractivity contribution in [2.75, 3.05) is 5.32 Å². The Kier molecular flexibility index (Phi) is 4.59. The predicted molar refractivity (Wildman–Crippen MR) is 116 cm³/mol. The number of carbonyl (C=O) groups is 1. The van der Waals surface area contributed by atoms with E-state index in [4.69, 9.17) is 0 Å². The van der Waals surface area contributed by atoms with Crippen LogP contribution in [0.5, 0.6) is 5.75 Å². The molecule has 166 valence electrons. The van der Waals surface area contributed by atoms with Gasteiger partial charge in [0.05, 0.1) is 16.6 Å². The fraction of sp³-hybridized carbons (Fsp3) is 0.0870. The number of phenolic OH excluding ortho intramolecular Hbond substituents is 1. The number of aromatic amines is 1. The van der Waals surface area contributed by atoms with Crippen LogP contribution in [0.25, 0.3) is 27.8 Å². The number of benzene rings is 2. The largest absolute Gasteiger partial charge is 0.507 e. The van der Waals surface area contributed by atoms with Crippen molar-refractivity contribution in [3.63, 3.8) is 0 Å². The summed E-state index contributed by atoms with van der Waals surface area (Å²) in [5, 5.41) is 12.8. The maximum atomic E-state index is 13.1. The van der Waals surface area contributed by atoms with Gasteiger partial charge in [0.2, 0.25) is 5.95 Å². The van der Waals surface area contributed by atoms with Crippen molar-refractivity contribution in [3.05, 3.63) is 77.7 Å². The molecule has 0 aliphatic rings. The van der Waals surface area contributed by atoms with E-state index in [0.29, 0.717) is 22.2 Å². The van der Waals surface area contributed by atoms with E-state index in [9.17, 15) is 23.1 Å². The lowest BCUT2D eigenvalue weighted by atomic mass is 10.0. The normalized spacial score (nSPS) is 11.9. The zero-order chi connectivity index (χ0) is 23.3. The number of pyridine rings is 1. The van der Waals surface area contributed by atoms with Gasteiger partial charge in [0.25, 0.3) is 5.91 Å². The molecule has 0 radical (unpaired) electrons. The van der Waals surface area contributed by atoms with Crippen molar-refractivity contribution in [2.45, 2.75) is 13.1 Å². The number of aromatic hydroxyl groups is 1. The summed E-state index contributed by atoms with van der Waals surface area (Å²) in [5.74, 6) is -1.15. The van der Waals surface area contributed by atoms with E-state index >= 15 is 0 Å². The van der Waals surface area contributed by atoms with Crippen LogP contribution in [0.3, 0.4) is 0 Å². The summed E-state index contributed by atoms with van der Waals surface area (Å²) in [4.78, 5) is 24.2. The van der Waals surface area contributed by atoms with Crippen LogP contribution in [0.15, 0.2) is 60.8 Å². The highest BCUT2D eigenvalue weighted by Crippen LogP contribution is 2.41. The van der Waals surface area contributed by atoms with Gasteiger partial charge in [-0.05, 0) is 42.8 Å². The highest BCUT2D eigenvalue weighted by molar-refractivity contribution is 6.03. The molecule has 0 fully saturated rings. The molecule has 5 aromatic rings. The molecule has 7 nitrogen and oxygen atoms in total. The van der Waals surface area contributed by atoms with Gasteiger partial charge in [-0.1, -0.05) is 24.3 Å². The van der Waals surface area contributed by atoms with E-state index in [1.54, 1.807) is 34.9 Å². The number of halogens is 3. The van der Waals surface area contributed by atoms with Crippen LogP contribution in [0.4, 0.5) is 19.1 Å². The number of imidazole rings is 2. The topological polar surface area (TPSA) is 95.3 Å². The number of phenols is 1. The van der Waals surface area contributed by atoms with E-state index in [-0.39, 0.29) is 17.2 Å². The van der Waals surface area contributed by atoms with Crippen LogP contribution in [-0.4, -0.2) is 30.4 Å².